The van der Waals surface area contributed by atoms with Gasteiger partial charge in [0.25, 0.3) is 5.91 Å². The first-order valence-corrected chi connectivity index (χ1v) is 20.5. The van der Waals surface area contributed by atoms with E-state index in [9.17, 15) is 18.5 Å². The SMILES string of the molecule is Cc1c(COc2cc(OCc3cncc(C#N)c3)c(CN3CCCC[C@H]3C(=O)NS(=O)(=O)N3CCN(C)CC3)cc2Cl)cccc1-c1ccc2c(c1)OCCO2. The number of amides is 1. The molecule has 1 N–H and O–H groups in total. The number of piperazine rings is 1. The monoisotopic (exact) mass is 800 g/mol. The van der Waals surface area contributed by atoms with E-state index in [0.717, 1.165) is 46.6 Å². The highest BCUT2D eigenvalue weighted by atomic mass is 35.5. The maximum Gasteiger partial charge on any atom is 0.303 e. The fraction of sp³-hybridized carbons (Fsp3) is 0.390. The van der Waals surface area contributed by atoms with Crippen molar-refractivity contribution >= 4 is 27.7 Å². The summed E-state index contributed by atoms with van der Waals surface area (Å²) < 4.78 is 54.4. The van der Waals surface area contributed by atoms with Gasteiger partial charge in [0.15, 0.2) is 11.5 Å². The number of rotatable bonds is 12. The van der Waals surface area contributed by atoms with E-state index in [2.05, 4.69) is 33.7 Å². The van der Waals surface area contributed by atoms with Gasteiger partial charge >= 0.3 is 10.2 Å². The Hall–Kier alpha value is -4.91. The van der Waals surface area contributed by atoms with Crippen molar-refractivity contribution in [2.24, 2.45) is 0 Å². The lowest BCUT2D eigenvalue weighted by molar-refractivity contribution is -0.126. The number of piperidine rings is 1. The number of nitriles is 1. The molecular weight excluding hydrogens is 756 g/mol. The summed E-state index contributed by atoms with van der Waals surface area (Å²) in [7, 11) is -2.05. The number of nitrogens with zero attached hydrogens (tertiary/aromatic N) is 5. The Balaban J connectivity index is 1.12. The van der Waals surface area contributed by atoms with Crippen molar-refractivity contribution < 1.29 is 32.2 Å². The van der Waals surface area contributed by atoms with E-state index in [1.165, 1.54) is 10.5 Å². The van der Waals surface area contributed by atoms with Gasteiger partial charge in [0.1, 0.15) is 44.0 Å². The first-order chi connectivity index (χ1) is 27.1. The molecule has 1 atom stereocenters. The number of pyridine rings is 1. The average Bonchev–Trinajstić information content (AvgIpc) is 3.20. The van der Waals surface area contributed by atoms with Crippen molar-refractivity contribution in [1.29, 1.82) is 5.26 Å². The molecule has 0 radical (unpaired) electrons. The lowest BCUT2D eigenvalue weighted by Crippen LogP contribution is -2.56. The molecule has 2 saturated heterocycles. The largest absolute Gasteiger partial charge is 0.488 e. The van der Waals surface area contributed by atoms with Gasteiger partial charge in [-0.1, -0.05) is 42.3 Å². The fourth-order valence-corrected chi connectivity index (χ4v) is 8.64. The summed E-state index contributed by atoms with van der Waals surface area (Å²) in [6.07, 6.45) is 5.26. The number of aromatic nitrogens is 1. The molecule has 1 amide bonds. The Labute approximate surface area is 332 Å². The number of nitrogens with one attached hydrogen (secondary N) is 1. The van der Waals surface area contributed by atoms with Crippen molar-refractivity contribution in [2.75, 3.05) is 53.0 Å². The van der Waals surface area contributed by atoms with Crippen LogP contribution in [0.15, 0.2) is 67.0 Å². The van der Waals surface area contributed by atoms with Crippen molar-refractivity contribution in [1.82, 2.24) is 23.8 Å². The molecule has 0 bridgehead atoms. The molecule has 294 valence electrons. The van der Waals surface area contributed by atoms with Crippen LogP contribution in [0.25, 0.3) is 11.1 Å². The Morgan fingerprint density at radius 2 is 1.73 bits per heavy atom. The van der Waals surface area contributed by atoms with Crippen LogP contribution in [0.3, 0.4) is 0 Å². The number of hydrogen-bond donors (Lipinski definition) is 1. The van der Waals surface area contributed by atoms with E-state index in [1.54, 1.807) is 24.4 Å². The van der Waals surface area contributed by atoms with Crippen LogP contribution < -0.4 is 23.7 Å². The van der Waals surface area contributed by atoms with E-state index in [0.29, 0.717) is 85.6 Å². The number of fused-ring (bicyclic) bond motifs is 1. The zero-order valence-electron chi connectivity index (χ0n) is 31.5. The van der Waals surface area contributed by atoms with Crippen LogP contribution in [0.2, 0.25) is 5.02 Å². The van der Waals surface area contributed by atoms with Gasteiger partial charge in [-0.15, -0.1) is 0 Å². The maximum atomic E-state index is 13.6. The van der Waals surface area contributed by atoms with Gasteiger partial charge in [0.2, 0.25) is 0 Å². The molecule has 0 aliphatic carbocycles. The normalized spacial score (nSPS) is 17.9. The summed E-state index contributed by atoms with van der Waals surface area (Å²) in [4.78, 5) is 21.8. The van der Waals surface area contributed by atoms with Gasteiger partial charge in [-0.3, -0.25) is 14.7 Å². The van der Waals surface area contributed by atoms with E-state index < -0.39 is 22.2 Å². The van der Waals surface area contributed by atoms with Crippen LogP contribution >= 0.6 is 11.6 Å². The fourth-order valence-electron chi connectivity index (χ4n) is 7.24. The molecule has 3 aliphatic rings. The zero-order valence-corrected chi connectivity index (χ0v) is 33.1. The van der Waals surface area contributed by atoms with E-state index in [4.69, 9.17) is 30.5 Å². The molecular formula is C41H45ClN6O7S. The summed E-state index contributed by atoms with van der Waals surface area (Å²) in [6.45, 7) is 6.10. The lowest BCUT2D eigenvalue weighted by atomic mass is 9.96. The number of carbonyl (C=O) groups excluding carboxylic acids is 1. The second kappa shape index (κ2) is 17.5. The van der Waals surface area contributed by atoms with Crippen LogP contribution in [0.1, 0.15) is 47.1 Å². The van der Waals surface area contributed by atoms with E-state index in [-0.39, 0.29) is 19.8 Å². The molecule has 7 rings (SSSR count). The zero-order chi connectivity index (χ0) is 39.2. The Kier molecular flexibility index (Phi) is 12.3. The third-order valence-electron chi connectivity index (χ3n) is 10.4. The Bertz CT molecular complexity index is 2220. The number of halogens is 1. The number of likely N-dealkylation sites (N-methyl/N-ethyl adjacent to an activating group) is 1. The van der Waals surface area contributed by atoms with Crippen molar-refractivity contribution in [2.45, 2.75) is 52.0 Å². The Morgan fingerprint density at radius 3 is 2.54 bits per heavy atom. The second-order valence-corrected chi connectivity index (χ2v) is 16.3. The molecule has 15 heteroatoms. The lowest BCUT2D eigenvalue weighted by Gasteiger charge is -2.36. The molecule has 1 aromatic heterocycles. The van der Waals surface area contributed by atoms with Gasteiger partial charge in [-0.05, 0) is 79.9 Å². The van der Waals surface area contributed by atoms with Gasteiger partial charge in [-0.2, -0.15) is 18.0 Å². The second-order valence-electron chi connectivity index (χ2n) is 14.3. The quantitative estimate of drug-likeness (QED) is 0.195. The number of benzene rings is 3. The van der Waals surface area contributed by atoms with Gasteiger partial charge in [-0.25, -0.2) is 4.72 Å². The molecule has 13 nitrogen and oxygen atoms in total. The molecule has 4 heterocycles. The minimum absolute atomic E-state index is 0.112. The van der Waals surface area contributed by atoms with Crippen LogP contribution in [0, 0.1) is 18.3 Å². The maximum absolute atomic E-state index is 13.6. The standard InChI is InChI=1S/C41H45ClN6O7S/c1-28-32(6-5-7-34(28)31-9-10-37-40(20-31)53-17-16-52-37)27-55-39-21-38(54-26-30-18-29(22-43)23-44-24-30)33(19-35(39)42)25-47-11-4-3-8-36(47)41(49)45-56(50,51)48-14-12-46(2)13-15-48/h5-7,9-10,18-21,23-24,36H,3-4,8,11-17,25-27H2,1-2H3,(H,45,49)/t36-/m0/s1. The van der Waals surface area contributed by atoms with Crippen LogP contribution in [-0.4, -0.2) is 92.4 Å². The molecule has 3 aliphatic heterocycles. The minimum atomic E-state index is -3.99. The molecule has 56 heavy (non-hydrogen) atoms. The average molecular weight is 801 g/mol. The minimum Gasteiger partial charge on any atom is -0.488 e. The van der Waals surface area contributed by atoms with E-state index >= 15 is 0 Å². The van der Waals surface area contributed by atoms with Gasteiger partial charge < -0.3 is 23.8 Å². The van der Waals surface area contributed by atoms with Crippen molar-refractivity contribution in [3.63, 3.8) is 0 Å². The van der Waals surface area contributed by atoms with E-state index in [1.807, 2.05) is 42.3 Å². The van der Waals surface area contributed by atoms with Crippen LogP contribution in [0.4, 0.5) is 0 Å². The third kappa shape index (κ3) is 9.20. The summed E-state index contributed by atoms with van der Waals surface area (Å²) in [5.41, 5.74) is 5.86. The predicted molar refractivity (Wildman–Crippen MR) is 211 cm³/mol. The highest BCUT2D eigenvalue weighted by Gasteiger charge is 2.34. The highest BCUT2D eigenvalue weighted by Crippen LogP contribution is 2.38. The predicted octanol–water partition coefficient (Wildman–Crippen LogP) is 5.47. The van der Waals surface area contributed by atoms with Crippen molar-refractivity contribution in [3.05, 3.63) is 99.8 Å². The number of hydrogen-bond acceptors (Lipinski definition) is 11. The molecule has 0 spiro atoms. The van der Waals surface area contributed by atoms with Crippen molar-refractivity contribution in [3.8, 4) is 40.2 Å². The van der Waals surface area contributed by atoms with Gasteiger partial charge in [0, 0.05) is 62.3 Å². The van der Waals surface area contributed by atoms with Crippen LogP contribution in [0.5, 0.6) is 23.0 Å². The molecule has 0 unspecified atom stereocenters. The Morgan fingerprint density at radius 1 is 0.946 bits per heavy atom. The molecule has 2 fully saturated rings. The highest BCUT2D eigenvalue weighted by molar-refractivity contribution is 7.87. The topological polar surface area (TPSA) is 147 Å². The number of ether oxygens (including phenoxy) is 4. The number of carbonyl (C=O) groups is 1. The molecule has 0 saturated carbocycles. The summed E-state index contributed by atoms with van der Waals surface area (Å²) >= 11 is 6.92. The smallest absolute Gasteiger partial charge is 0.303 e. The molecule has 4 aromatic rings. The van der Waals surface area contributed by atoms with Gasteiger partial charge in [0.05, 0.1) is 16.6 Å². The number of likely N-dealkylation sites (tertiary alicyclic amines) is 1. The first kappa shape index (κ1) is 39.3. The summed E-state index contributed by atoms with van der Waals surface area (Å²) in [5.74, 6) is 1.78. The molecule has 3 aromatic carbocycles. The van der Waals surface area contributed by atoms with Crippen LogP contribution in [-0.2, 0) is 34.8 Å². The summed E-state index contributed by atoms with van der Waals surface area (Å²) in [5, 5.41) is 9.77. The third-order valence-corrected chi connectivity index (χ3v) is 12.2. The summed E-state index contributed by atoms with van der Waals surface area (Å²) in [6, 6.07) is 18.7. The first-order valence-electron chi connectivity index (χ1n) is 18.7.